The summed E-state index contributed by atoms with van der Waals surface area (Å²) in [5.74, 6) is 1.19. The van der Waals surface area contributed by atoms with Gasteiger partial charge in [0.15, 0.2) is 5.82 Å². The van der Waals surface area contributed by atoms with E-state index in [1.165, 1.54) is 11.1 Å². The molecule has 3 rings (SSSR count). The third-order valence-corrected chi connectivity index (χ3v) is 3.60. The van der Waals surface area contributed by atoms with Gasteiger partial charge >= 0.3 is 0 Å². The molecule has 0 aliphatic heterocycles. The van der Waals surface area contributed by atoms with E-state index in [0.29, 0.717) is 17.4 Å². The number of benzene rings is 1. The summed E-state index contributed by atoms with van der Waals surface area (Å²) in [7, 11) is 0. The van der Waals surface area contributed by atoms with Crippen molar-refractivity contribution in [2.75, 3.05) is 11.9 Å². The maximum Gasteiger partial charge on any atom is 0.155 e. The van der Waals surface area contributed by atoms with E-state index < -0.39 is 0 Å². The van der Waals surface area contributed by atoms with Crippen molar-refractivity contribution in [1.29, 1.82) is 0 Å². The molecule has 0 radical (unpaired) electrons. The van der Waals surface area contributed by atoms with E-state index >= 15 is 0 Å². The molecule has 1 aromatic carbocycles. The highest BCUT2D eigenvalue weighted by Gasteiger charge is 2.25. The Balaban J connectivity index is 1.70. The number of aromatic nitrogens is 2. The third-order valence-electron chi connectivity index (χ3n) is 3.41. The molecule has 19 heavy (non-hydrogen) atoms. The van der Waals surface area contributed by atoms with Gasteiger partial charge in [-0.05, 0) is 17.5 Å². The van der Waals surface area contributed by atoms with Gasteiger partial charge in [-0.15, -0.1) is 0 Å². The van der Waals surface area contributed by atoms with Gasteiger partial charge in [0.1, 0.15) is 10.7 Å². The Kier molecular flexibility index (Phi) is 3.13. The number of hydrogen-bond acceptors (Lipinski definition) is 4. The maximum atomic E-state index is 5.63. The zero-order valence-corrected chi connectivity index (χ0v) is 11.2. The minimum absolute atomic E-state index is 0.268. The Morgan fingerprint density at radius 1 is 1.32 bits per heavy atom. The van der Waals surface area contributed by atoms with E-state index in [1.54, 1.807) is 12.4 Å². The molecule has 1 aliphatic carbocycles. The van der Waals surface area contributed by atoms with Crippen LogP contribution in [0.25, 0.3) is 0 Å². The summed E-state index contributed by atoms with van der Waals surface area (Å²) < 4.78 is 0. The number of anilines is 1. The second-order valence-corrected chi connectivity index (χ2v) is 5.04. The molecular weight excluding hydrogens is 256 g/mol. The Bertz CT molecular complexity index is 626. The number of thiocarbonyl (C=S) groups is 1. The summed E-state index contributed by atoms with van der Waals surface area (Å²) in [5, 5.41) is 3.30. The first kappa shape index (κ1) is 12.0. The van der Waals surface area contributed by atoms with Gasteiger partial charge in [-0.1, -0.05) is 36.5 Å². The van der Waals surface area contributed by atoms with Crippen molar-refractivity contribution in [3.63, 3.8) is 0 Å². The molecule has 1 aliphatic rings. The lowest BCUT2D eigenvalue weighted by Gasteiger charge is -2.30. The van der Waals surface area contributed by atoms with Crippen LogP contribution in [0.2, 0.25) is 0 Å². The Morgan fingerprint density at radius 2 is 2.11 bits per heavy atom. The van der Waals surface area contributed by atoms with Crippen molar-refractivity contribution in [1.82, 2.24) is 9.97 Å². The number of nitrogens with one attached hydrogen (secondary N) is 1. The van der Waals surface area contributed by atoms with Gasteiger partial charge in [-0.25, -0.2) is 9.97 Å². The van der Waals surface area contributed by atoms with Crippen LogP contribution in [0.15, 0.2) is 36.7 Å². The fourth-order valence-corrected chi connectivity index (χ4v) is 2.56. The van der Waals surface area contributed by atoms with Crippen LogP contribution in [0.4, 0.5) is 5.82 Å². The lowest BCUT2D eigenvalue weighted by atomic mass is 9.77. The Labute approximate surface area is 117 Å². The monoisotopic (exact) mass is 270 g/mol. The second-order valence-electron chi connectivity index (χ2n) is 4.60. The van der Waals surface area contributed by atoms with E-state index in [1.807, 2.05) is 0 Å². The maximum absolute atomic E-state index is 5.63. The molecule has 96 valence electrons. The van der Waals surface area contributed by atoms with Gasteiger partial charge < -0.3 is 11.1 Å². The summed E-state index contributed by atoms with van der Waals surface area (Å²) in [6, 6.07) is 8.51. The molecule has 0 spiro atoms. The zero-order chi connectivity index (χ0) is 13.2. The first-order chi connectivity index (χ1) is 9.25. The molecule has 4 nitrogen and oxygen atoms in total. The summed E-state index contributed by atoms with van der Waals surface area (Å²) in [6.07, 6.45) is 4.34. The van der Waals surface area contributed by atoms with Gasteiger partial charge in [0.2, 0.25) is 0 Å². The van der Waals surface area contributed by atoms with Gasteiger partial charge in [0.05, 0.1) is 0 Å². The van der Waals surface area contributed by atoms with Gasteiger partial charge in [-0.3, -0.25) is 0 Å². The molecule has 0 fully saturated rings. The van der Waals surface area contributed by atoms with Crippen LogP contribution < -0.4 is 11.1 Å². The number of hydrogen-bond donors (Lipinski definition) is 2. The SMILES string of the molecule is NC(=S)c1nccnc1NCC1Cc2ccccc21. The Hall–Kier alpha value is -2.01. The van der Waals surface area contributed by atoms with E-state index in [0.717, 1.165) is 13.0 Å². The largest absolute Gasteiger partial charge is 0.388 e. The van der Waals surface area contributed by atoms with Crippen LogP contribution >= 0.6 is 12.2 Å². The molecule has 1 atom stereocenters. The Morgan fingerprint density at radius 3 is 2.89 bits per heavy atom. The van der Waals surface area contributed by atoms with Crippen molar-refractivity contribution in [3.8, 4) is 0 Å². The van der Waals surface area contributed by atoms with Crippen LogP contribution in [0.5, 0.6) is 0 Å². The average molecular weight is 270 g/mol. The van der Waals surface area contributed by atoms with Crippen molar-refractivity contribution in [2.24, 2.45) is 5.73 Å². The molecule has 1 unspecified atom stereocenters. The standard InChI is InChI=1S/C14H14N4S/c15-13(19)12-14(17-6-5-16-12)18-8-10-7-9-3-1-2-4-11(9)10/h1-6,10H,7-8H2,(H2,15,19)(H,17,18). The normalized spacial score (nSPS) is 16.3. The quantitative estimate of drug-likeness (QED) is 0.830. The summed E-state index contributed by atoms with van der Waals surface area (Å²) in [6.45, 7) is 0.825. The lowest BCUT2D eigenvalue weighted by molar-refractivity contribution is 0.634. The van der Waals surface area contributed by atoms with Gasteiger partial charge in [-0.2, -0.15) is 0 Å². The molecule has 3 N–H and O–H groups in total. The number of nitrogens with two attached hydrogens (primary N) is 1. The van der Waals surface area contributed by atoms with Crippen LogP contribution in [0, 0.1) is 0 Å². The first-order valence-electron chi connectivity index (χ1n) is 6.18. The van der Waals surface area contributed by atoms with Crippen LogP contribution in [-0.4, -0.2) is 21.5 Å². The van der Waals surface area contributed by atoms with Crippen LogP contribution in [-0.2, 0) is 6.42 Å². The molecular formula is C14H14N4S. The highest BCUT2D eigenvalue weighted by atomic mass is 32.1. The van der Waals surface area contributed by atoms with E-state index in [9.17, 15) is 0 Å². The third kappa shape index (κ3) is 2.29. The van der Waals surface area contributed by atoms with Crippen LogP contribution in [0.1, 0.15) is 22.7 Å². The molecule has 5 heteroatoms. The topological polar surface area (TPSA) is 63.8 Å². The zero-order valence-electron chi connectivity index (χ0n) is 10.3. The van der Waals surface area contributed by atoms with Crippen molar-refractivity contribution in [2.45, 2.75) is 12.3 Å². The molecule has 2 aromatic rings. The predicted molar refractivity (Wildman–Crippen MR) is 79.3 cm³/mol. The molecule has 0 amide bonds. The molecule has 0 saturated carbocycles. The number of fused-ring (bicyclic) bond motifs is 1. The fraction of sp³-hybridized carbons (Fsp3) is 0.214. The van der Waals surface area contributed by atoms with Gasteiger partial charge in [0, 0.05) is 24.9 Å². The minimum Gasteiger partial charge on any atom is -0.388 e. The summed E-state index contributed by atoms with van der Waals surface area (Å²) in [4.78, 5) is 8.67. The van der Waals surface area contributed by atoms with Crippen LogP contribution in [0.3, 0.4) is 0 Å². The van der Waals surface area contributed by atoms with E-state index in [4.69, 9.17) is 18.0 Å². The molecule has 1 heterocycles. The van der Waals surface area contributed by atoms with Crippen molar-refractivity contribution < 1.29 is 0 Å². The average Bonchev–Trinajstić information content (AvgIpc) is 2.40. The molecule has 0 bridgehead atoms. The number of nitrogens with zero attached hydrogens (tertiary/aromatic N) is 2. The lowest BCUT2D eigenvalue weighted by Crippen LogP contribution is -2.26. The molecule has 1 aromatic heterocycles. The van der Waals surface area contributed by atoms with Crippen molar-refractivity contribution in [3.05, 3.63) is 53.5 Å². The summed E-state index contributed by atoms with van der Waals surface area (Å²) >= 11 is 4.97. The first-order valence-corrected chi connectivity index (χ1v) is 6.59. The predicted octanol–water partition coefficient (Wildman–Crippen LogP) is 1.86. The molecule has 0 saturated heterocycles. The second kappa shape index (κ2) is 4.93. The van der Waals surface area contributed by atoms with E-state index in [2.05, 4.69) is 39.6 Å². The smallest absolute Gasteiger partial charge is 0.155 e. The minimum atomic E-state index is 0.268. The fourth-order valence-electron chi connectivity index (χ4n) is 2.41. The van der Waals surface area contributed by atoms with Crippen molar-refractivity contribution >= 4 is 23.0 Å². The summed E-state index contributed by atoms with van der Waals surface area (Å²) in [5.41, 5.74) is 9.04. The van der Waals surface area contributed by atoms with Gasteiger partial charge in [0.25, 0.3) is 0 Å². The van der Waals surface area contributed by atoms with E-state index in [-0.39, 0.29) is 4.99 Å². The number of rotatable bonds is 4. The highest BCUT2D eigenvalue weighted by Crippen LogP contribution is 2.34. The highest BCUT2D eigenvalue weighted by molar-refractivity contribution is 7.80.